The molecule has 1 atom stereocenters. The zero-order chi connectivity index (χ0) is 21.1. The molecule has 1 aliphatic heterocycles. The molecular formula is C21H19BrClFN4O2. The van der Waals surface area contributed by atoms with Gasteiger partial charge in [0.05, 0.1) is 17.5 Å². The summed E-state index contributed by atoms with van der Waals surface area (Å²) in [4.78, 5) is 19.3. The molecule has 3 aromatic rings. The summed E-state index contributed by atoms with van der Waals surface area (Å²) in [5.41, 5.74) is 1.36. The summed E-state index contributed by atoms with van der Waals surface area (Å²) in [5.74, 6) is 0.247. The molecule has 9 heteroatoms. The van der Waals surface area contributed by atoms with Gasteiger partial charge in [-0.05, 0) is 61.9 Å². The molecule has 156 valence electrons. The molecule has 6 nitrogen and oxygen atoms in total. The highest BCUT2D eigenvalue weighted by Crippen LogP contribution is 2.24. The monoisotopic (exact) mass is 492 g/mol. The number of rotatable bonds is 5. The summed E-state index contributed by atoms with van der Waals surface area (Å²) in [6.07, 6.45) is 1.67. The van der Waals surface area contributed by atoms with Crippen LogP contribution in [-0.2, 0) is 11.3 Å². The number of carbonyl (C=O) groups excluding carboxylic acids is 1. The van der Waals surface area contributed by atoms with Gasteiger partial charge in [0.2, 0.25) is 17.6 Å². The Morgan fingerprint density at radius 2 is 2.10 bits per heavy atom. The van der Waals surface area contributed by atoms with Crippen molar-refractivity contribution in [1.82, 2.24) is 15.0 Å². The Balaban J connectivity index is 1.36. The van der Waals surface area contributed by atoms with E-state index in [0.29, 0.717) is 30.5 Å². The third-order valence-electron chi connectivity index (χ3n) is 4.99. The first kappa shape index (κ1) is 21.0. The number of likely N-dealkylation sites (tertiary alicyclic amines) is 1. The van der Waals surface area contributed by atoms with E-state index in [0.717, 1.165) is 29.4 Å². The zero-order valence-corrected chi connectivity index (χ0v) is 18.3. The average Bonchev–Trinajstić information content (AvgIpc) is 3.20. The average molecular weight is 494 g/mol. The summed E-state index contributed by atoms with van der Waals surface area (Å²) in [5, 5.41) is 6.86. The third-order valence-corrected chi connectivity index (χ3v) is 5.81. The topological polar surface area (TPSA) is 71.3 Å². The minimum Gasteiger partial charge on any atom is -0.338 e. The molecule has 1 aliphatic rings. The van der Waals surface area contributed by atoms with E-state index < -0.39 is 5.82 Å². The van der Waals surface area contributed by atoms with Crippen LogP contribution in [0.3, 0.4) is 0 Å². The van der Waals surface area contributed by atoms with Crippen LogP contribution in [0.4, 0.5) is 10.1 Å². The summed E-state index contributed by atoms with van der Waals surface area (Å²) >= 11 is 9.20. The molecule has 1 amide bonds. The fraction of sp³-hybridized carbons (Fsp3) is 0.286. The van der Waals surface area contributed by atoms with Crippen molar-refractivity contribution >= 4 is 39.1 Å². The van der Waals surface area contributed by atoms with Crippen molar-refractivity contribution in [3.8, 4) is 11.4 Å². The molecule has 0 radical (unpaired) electrons. The molecule has 0 spiro atoms. The van der Waals surface area contributed by atoms with E-state index in [4.69, 9.17) is 16.1 Å². The molecule has 0 bridgehead atoms. The highest BCUT2D eigenvalue weighted by atomic mass is 79.9. The Labute approximate surface area is 186 Å². The maximum Gasteiger partial charge on any atom is 0.241 e. The number of piperidine rings is 1. The molecule has 4 rings (SSSR count). The maximum atomic E-state index is 13.3. The molecule has 1 fully saturated rings. The standard InChI is InChI=1S/C21H19BrClFN4O2/c22-15-5-3-13(4-6-15)20-26-19(30-27-20)12-28-9-1-2-14(11-28)21(29)25-16-7-8-18(24)17(23)10-16/h3-8,10,14H,1-2,9,11-12H2,(H,25,29). The van der Waals surface area contributed by atoms with Crippen LogP contribution in [0.25, 0.3) is 11.4 Å². The Morgan fingerprint density at radius 1 is 1.30 bits per heavy atom. The van der Waals surface area contributed by atoms with Crippen molar-refractivity contribution in [1.29, 1.82) is 0 Å². The van der Waals surface area contributed by atoms with Gasteiger partial charge in [-0.25, -0.2) is 4.39 Å². The first-order valence-electron chi connectivity index (χ1n) is 9.55. The van der Waals surface area contributed by atoms with E-state index in [-0.39, 0.29) is 16.8 Å². The number of nitrogens with zero attached hydrogens (tertiary/aromatic N) is 3. The molecule has 1 saturated heterocycles. The molecule has 1 unspecified atom stereocenters. The SMILES string of the molecule is O=C(Nc1ccc(F)c(Cl)c1)C1CCCN(Cc2nc(-c3ccc(Br)cc3)no2)C1. The van der Waals surface area contributed by atoms with Crippen LogP contribution in [0.2, 0.25) is 5.02 Å². The minimum absolute atomic E-state index is 0.0176. The lowest BCUT2D eigenvalue weighted by Crippen LogP contribution is -2.40. The molecule has 1 N–H and O–H groups in total. The fourth-order valence-corrected chi connectivity index (χ4v) is 3.90. The predicted molar refractivity (Wildman–Crippen MR) is 115 cm³/mol. The highest BCUT2D eigenvalue weighted by molar-refractivity contribution is 9.10. The van der Waals surface area contributed by atoms with Crippen LogP contribution < -0.4 is 5.32 Å². The van der Waals surface area contributed by atoms with Gasteiger partial charge < -0.3 is 9.84 Å². The quantitative estimate of drug-likeness (QED) is 0.533. The molecule has 2 heterocycles. The molecule has 0 aliphatic carbocycles. The van der Waals surface area contributed by atoms with Crippen molar-refractivity contribution in [3.05, 3.63) is 63.7 Å². The number of hydrogen-bond donors (Lipinski definition) is 1. The second-order valence-corrected chi connectivity index (χ2v) is 8.53. The van der Waals surface area contributed by atoms with Crippen molar-refractivity contribution in [2.24, 2.45) is 5.92 Å². The lowest BCUT2D eigenvalue weighted by Gasteiger charge is -2.30. The number of carbonyl (C=O) groups is 1. The minimum atomic E-state index is -0.513. The first-order valence-corrected chi connectivity index (χ1v) is 10.7. The summed E-state index contributed by atoms with van der Waals surface area (Å²) in [6.45, 7) is 1.91. The lowest BCUT2D eigenvalue weighted by molar-refractivity contribution is -0.121. The summed E-state index contributed by atoms with van der Waals surface area (Å²) in [6, 6.07) is 11.8. The number of anilines is 1. The molecule has 2 aromatic carbocycles. The van der Waals surface area contributed by atoms with Crippen LogP contribution in [0.5, 0.6) is 0 Å². The number of hydrogen-bond acceptors (Lipinski definition) is 5. The molecule has 30 heavy (non-hydrogen) atoms. The van der Waals surface area contributed by atoms with Gasteiger partial charge in [0, 0.05) is 22.3 Å². The number of benzene rings is 2. The Hall–Kier alpha value is -2.29. The van der Waals surface area contributed by atoms with Gasteiger partial charge in [0.25, 0.3) is 0 Å². The van der Waals surface area contributed by atoms with Gasteiger partial charge in [0.15, 0.2) is 0 Å². The van der Waals surface area contributed by atoms with E-state index in [1.165, 1.54) is 18.2 Å². The van der Waals surface area contributed by atoms with Crippen LogP contribution in [0.15, 0.2) is 51.5 Å². The number of halogens is 3. The van der Waals surface area contributed by atoms with E-state index in [9.17, 15) is 9.18 Å². The lowest BCUT2D eigenvalue weighted by atomic mass is 9.97. The van der Waals surface area contributed by atoms with Crippen molar-refractivity contribution in [2.75, 3.05) is 18.4 Å². The van der Waals surface area contributed by atoms with E-state index in [1.807, 2.05) is 24.3 Å². The number of nitrogens with one attached hydrogen (secondary N) is 1. The predicted octanol–water partition coefficient (Wildman–Crippen LogP) is 5.14. The maximum absolute atomic E-state index is 13.3. The third kappa shape index (κ3) is 5.06. The van der Waals surface area contributed by atoms with Crippen molar-refractivity contribution in [2.45, 2.75) is 19.4 Å². The van der Waals surface area contributed by atoms with Crippen LogP contribution >= 0.6 is 27.5 Å². The van der Waals surface area contributed by atoms with Gasteiger partial charge in [-0.3, -0.25) is 9.69 Å². The summed E-state index contributed by atoms with van der Waals surface area (Å²) in [7, 11) is 0. The smallest absolute Gasteiger partial charge is 0.241 e. The van der Waals surface area contributed by atoms with E-state index >= 15 is 0 Å². The van der Waals surface area contributed by atoms with Crippen LogP contribution in [0.1, 0.15) is 18.7 Å². The Kier molecular flexibility index (Phi) is 6.46. The van der Waals surface area contributed by atoms with Crippen molar-refractivity contribution < 1.29 is 13.7 Å². The highest BCUT2D eigenvalue weighted by Gasteiger charge is 2.27. The second-order valence-electron chi connectivity index (χ2n) is 7.21. The fourth-order valence-electron chi connectivity index (χ4n) is 3.46. The Bertz CT molecular complexity index is 1040. The normalized spacial score (nSPS) is 17.1. The van der Waals surface area contributed by atoms with Gasteiger partial charge in [-0.1, -0.05) is 32.7 Å². The summed E-state index contributed by atoms with van der Waals surface area (Å²) < 4.78 is 19.7. The molecule has 1 aromatic heterocycles. The van der Waals surface area contributed by atoms with Crippen molar-refractivity contribution in [3.63, 3.8) is 0 Å². The zero-order valence-electron chi connectivity index (χ0n) is 15.9. The van der Waals surface area contributed by atoms with Gasteiger partial charge in [-0.2, -0.15) is 4.98 Å². The van der Waals surface area contributed by atoms with Crippen LogP contribution in [0, 0.1) is 11.7 Å². The number of amides is 1. The first-order chi connectivity index (χ1) is 14.5. The van der Waals surface area contributed by atoms with Gasteiger partial charge >= 0.3 is 0 Å². The number of aromatic nitrogens is 2. The van der Waals surface area contributed by atoms with Gasteiger partial charge in [-0.15, -0.1) is 0 Å². The van der Waals surface area contributed by atoms with Crippen LogP contribution in [-0.4, -0.2) is 34.0 Å². The molecule has 0 saturated carbocycles. The van der Waals surface area contributed by atoms with Gasteiger partial charge in [0.1, 0.15) is 5.82 Å². The second kappa shape index (κ2) is 9.24. The van der Waals surface area contributed by atoms with E-state index in [1.54, 1.807) is 0 Å². The van der Waals surface area contributed by atoms with E-state index in [2.05, 4.69) is 36.3 Å². The molecular weight excluding hydrogens is 475 g/mol. The largest absolute Gasteiger partial charge is 0.338 e. The Morgan fingerprint density at radius 3 is 2.87 bits per heavy atom.